The zero-order chi connectivity index (χ0) is 20.2. The first kappa shape index (κ1) is 19.4. The van der Waals surface area contributed by atoms with Gasteiger partial charge in [0.05, 0.1) is 17.9 Å². The summed E-state index contributed by atoms with van der Waals surface area (Å²) >= 11 is 1.44. The molecule has 6 nitrogen and oxygen atoms in total. The van der Waals surface area contributed by atoms with Gasteiger partial charge in [-0.1, -0.05) is 42.0 Å². The van der Waals surface area contributed by atoms with Gasteiger partial charge in [-0.25, -0.2) is 4.98 Å². The van der Waals surface area contributed by atoms with Crippen molar-refractivity contribution in [3.05, 3.63) is 59.5 Å². The second kappa shape index (κ2) is 8.63. The highest BCUT2D eigenvalue weighted by atomic mass is 32.1. The van der Waals surface area contributed by atoms with Gasteiger partial charge in [-0.3, -0.25) is 9.69 Å². The molecule has 7 heteroatoms. The highest BCUT2D eigenvalue weighted by Gasteiger charge is 2.21. The predicted molar refractivity (Wildman–Crippen MR) is 118 cm³/mol. The number of rotatable bonds is 5. The normalized spacial score (nSPS) is 14.7. The lowest BCUT2D eigenvalue weighted by Crippen LogP contribution is -2.48. The number of carbonyl (C=O) groups excluding carboxylic acids is 1. The molecule has 150 valence electrons. The Morgan fingerprint density at radius 2 is 1.83 bits per heavy atom. The number of phenolic OH excluding ortho intramolecular Hbond substituents is 1. The minimum absolute atomic E-state index is 0.0502. The van der Waals surface area contributed by atoms with Crippen LogP contribution in [0.2, 0.25) is 0 Å². The number of aromatic nitrogens is 1. The molecular formula is C22H24N4O2S. The van der Waals surface area contributed by atoms with Crippen LogP contribution in [0.4, 0.5) is 10.8 Å². The van der Waals surface area contributed by atoms with Gasteiger partial charge in [-0.15, -0.1) is 11.3 Å². The van der Waals surface area contributed by atoms with E-state index < -0.39 is 0 Å². The van der Waals surface area contributed by atoms with E-state index in [-0.39, 0.29) is 5.91 Å². The summed E-state index contributed by atoms with van der Waals surface area (Å²) in [6, 6.07) is 15.6. The summed E-state index contributed by atoms with van der Waals surface area (Å²) in [4.78, 5) is 21.3. The number of para-hydroxylation sites is 2. The molecule has 1 aromatic heterocycles. The fourth-order valence-electron chi connectivity index (χ4n) is 3.43. The average molecular weight is 409 g/mol. The Hall–Kier alpha value is -2.90. The molecule has 0 radical (unpaired) electrons. The summed E-state index contributed by atoms with van der Waals surface area (Å²) in [5.74, 6) is 0.248. The summed E-state index contributed by atoms with van der Waals surface area (Å²) in [6.07, 6.45) is 0. The van der Waals surface area contributed by atoms with Crippen molar-refractivity contribution in [2.45, 2.75) is 6.92 Å². The number of aryl methyl sites for hydroxylation is 1. The van der Waals surface area contributed by atoms with E-state index in [0.717, 1.165) is 43.1 Å². The van der Waals surface area contributed by atoms with Gasteiger partial charge >= 0.3 is 0 Å². The molecule has 0 bridgehead atoms. The molecule has 0 spiro atoms. The molecule has 0 unspecified atom stereocenters. The van der Waals surface area contributed by atoms with E-state index >= 15 is 0 Å². The summed E-state index contributed by atoms with van der Waals surface area (Å²) in [5.41, 5.74) is 3.98. The molecule has 29 heavy (non-hydrogen) atoms. The van der Waals surface area contributed by atoms with E-state index in [2.05, 4.69) is 39.2 Å². The number of carbonyl (C=O) groups is 1. The number of nitrogens with zero attached hydrogens (tertiary/aromatic N) is 3. The first-order valence-electron chi connectivity index (χ1n) is 9.66. The minimum atomic E-state index is -0.0502. The van der Waals surface area contributed by atoms with E-state index in [0.29, 0.717) is 17.4 Å². The van der Waals surface area contributed by atoms with Crippen LogP contribution in [0.5, 0.6) is 5.75 Å². The second-order valence-electron chi connectivity index (χ2n) is 7.20. The van der Waals surface area contributed by atoms with E-state index in [1.54, 1.807) is 6.07 Å². The number of thiazole rings is 1. The maximum absolute atomic E-state index is 12.4. The zero-order valence-corrected chi connectivity index (χ0v) is 17.2. The zero-order valence-electron chi connectivity index (χ0n) is 16.3. The van der Waals surface area contributed by atoms with E-state index in [1.807, 2.05) is 35.7 Å². The molecule has 2 aromatic carbocycles. The lowest BCUT2D eigenvalue weighted by Gasteiger charge is -2.35. The number of piperazine rings is 1. The molecule has 1 saturated heterocycles. The van der Waals surface area contributed by atoms with Crippen molar-refractivity contribution in [3.63, 3.8) is 0 Å². The number of benzene rings is 2. The summed E-state index contributed by atoms with van der Waals surface area (Å²) in [7, 11) is 0. The lowest BCUT2D eigenvalue weighted by molar-refractivity contribution is -0.117. The highest BCUT2D eigenvalue weighted by molar-refractivity contribution is 7.14. The Labute approximate surface area is 174 Å². The van der Waals surface area contributed by atoms with E-state index in [9.17, 15) is 9.90 Å². The van der Waals surface area contributed by atoms with Crippen molar-refractivity contribution in [3.8, 4) is 17.0 Å². The second-order valence-corrected chi connectivity index (χ2v) is 8.06. The molecule has 2 heterocycles. The van der Waals surface area contributed by atoms with Gasteiger partial charge in [-0.05, 0) is 19.1 Å². The molecule has 1 aliphatic rings. The standard InChI is InChI=1S/C22H24N4O2S/c1-16-6-8-17(9-7-16)18-15-29-22(23-18)24-21(28)14-25-10-12-26(13-11-25)19-4-2-3-5-20(19)27/h2-9,15,27H,10-14H2,1H3,(H,23,24,28). The van der Waals surface area contributed by atoms with E-state index in [4.69, 9.17) is 0 Å². The Bertz CT molecular complexity index is 978. The monoisotopic (exact) mass is 408 g/mol. The molecule has 2 N–H and O–H groups in total. The Kier molecular flexibility index (Phi) is 5.78. The first-order valence-corrected chi connectivity index (χ1v) is 10.5. The molecular weight excluding hydrogens is 384 g/mol. The van der Waals surface area contributed by atoms with Gasteiger partial charge in [0.1, 0.15) is 5.75 Å². The van der Waals surface area contributed by atoms with Crippen LogP contribution in [-0.4, -0.2) is 53.6 Å². The van der Waals surface area contributed by atoms with Crippen LogP contribution in [0.1, 0.15) is 5.56 Å². The molecule has 0 atom stereocenters. The molecule has 4 rings (SSSR count). The fraction of sp³-hybridized carbons (Fsp3) is 0.273. The van der Waals surface area contributed by atoms with Crippen LogP contribution in [0.25, 0.3) is 11.3 Å². The van der Waals surface area contributed by atoms with Gasteiger partial charge in [0.25, 0.3) is 0 Å². The smallest absolute Gasteiger partial charge is 0.240 e. The third-order valence-electron chi connectivity index (χ3n) is 5.06. The average Bonchev–Trinajstić information content (AvgIpc) is 3.18. The van der Waals surface area contributed by atoms with Crippen LogP contribution in [0, 0.1) is 6.92 Å². The van der Waals surface area contributed by atoms with Gasteiger partial charge in [-0.2, -0.15) is 0 Å². The highest BCUT2D eigenvalue weighted by Crippen LogP contribution is 2.27. The Morgan fingerprint density at radius 3 is 2.55 bits per heavy atom. The number of hydrogen-bond donors (Lipinski definition) is 2. The van der Waals surface area contributed by atoms with Crippen molar-refractivity contribution in [1.82, 2.24) is 9.88 Å². The van der Waals surface area contributed by atoms with Crippen LogP contribution < -0.4 is 10.2 Å². The molecule has 0 aliphatic carbocycles. The van der Waals surface area contributed by atoms with Crippen LogP contribution in [0.3, 0.4) is 0 Å². The van der Waals surface area contributed by atoms with Crippen molar-refractivity contribution in [1.29, 1.82) is 0 Å². The Morgan fingerprint density at radius 1 is 1.10 bits per heavy atom. The van der Waals surface area contributed by atoms with E-state index in [1.165, 1.54) is 16.9 Å². The molecule has 0 saturated carbocycles. The predicted octanol–water partition coefficient (Wildman–Crippen LogP) is 3.58. The van der Waals surface area contributed by atoms with Gasteiger partial charge in [0.2, 0.25) is 5.91 Å². The topological polar surface area (TPSA) is 68.7 Å². The van der Waals surface area contributed by atoms with Crippen LogP contribution >= 0.6 is 11.3 Å². The van der Waals surface area contributed by atoms with Crippen LogP contribution in [-0.2, 0) is 4.79 Å². The fourth-order valence-corrected chi connectivity index (χ4v) is 4.16. The third-order valence-corrected chi connectivity index (χ3v) is 5.82. The number of nitrogens with one attached hydrogen (secondary N) is 1. The van der Waals surface area contributed by atoms with Gasteiger partial charge in [0.15, 0.2) is 5.13 Å². The molecule has 1 aliphatic heterocycles. The third kappa shape index (κ3) is 4.75. The number of phenols is 1. The minimum Gasteiger partial charge on any atom is -0.506 e. The summed E-state index contributed by atoms with van der Waals surface area (Å²) in [5, 5.41) is 15.5. The maximum atomic E-state index is 12.4. The van der Waals surface area contributed by atoms with Crippen molar-refractivity contribution < 1.29 is 9.90 Å². The van der Waals surface area contributed by atoms with Crippen molar-refractivity contribution in [2.24, 2.45) is 0 Å². The van der Waals surface area contributed by atoms with Gasteiger partial charge in [0, 0.05) is 37.1 Å². The molecule has 1 fully saturated rings. The van der Waals surface area contributed by atoms with Crippen LogP contribution in [0.15, 0.2) is 53.9 Å². The summed E-state index contributed by atoms with van der Waals surface area (Å²) in [6.45, 7) is 5.49. The number of hydrogen-bond acceptors (Lipinski definition) is 6. The Balaban J connectivity index is 1.29. The maximum Gasteiger partial charge on any atom is 0.240 e. The quantitative estimate of drug-likeness (QED) is 0.675. The number of anilines is 2. The number of amides is 1. The number of aromatic hydroxyl groups is 1. The van der Waals surface area contributed by atoms with Crippen molar-refractivity contribution in [2.75, 3.05) is 42.9 Å². The SMILES string of the molecule is Cc1ccc(-c2csc(NC(=O)CN3CCN(c4ccccc4O)CC3)n2)cc1. The van der Waals surface area contributed by atoms with Crippen molar-refractivity contribution >= 4 is 28.1 Å². The van der Waals surface area contributed by atoms with Gasteiger partial charge < -0.3 is 15.3 Å². The summed E-state index contributed by atoms with van der Waals surface area (Å²) < 4.78 is 0. The first-order chi connectivity index (χ1) is 14.1. The molecule has 1 amide bonds. The molecule has 3 aromatic rings. The lowest BCUT2D eigenvalue weighted by atomic mass is 10.1. The largest absolute Gasteiger partial charge is 0.506 e.